The van der Waals surface area contributed by atoms with Crippen molar-refractivity contribution in [2.75, 3.05) is 10.2 Å². The van der Waals surface area contributed by atoms with E-state index < -0.39 is 35.8 Å². The van der Waals surface area contributed by atoms with Crippen molar-refractivity contribution in [3.05, 3.63) is 80.0 Å². The van der Waals surface area contributed by atoms with E-state index in [1.54, 1.807) is 36.1 Å². The molecule has 0 amide bonds. The first kappa shape index (κ1) is 27.4. The predicted molar refractivity (Wildman–Crippen MR) is 136 cm³/mol. The van der Waals surface area contributed by atoms with Gasteiger partial charge in [0.05, 0.1) is 6.10 Å². The van der Waals surface area contributed by atoms with Crippen LogP contribution in [0.5, 0.6) is 11.5 Å². The van der Waals surface area contributed by atoms with Crippen molar-refractivity contribution in [3.8, 4) is 11.5 Å². The number of nitrogens with zero attached hydrogens (tertiary/aromatic N) is 3. The monoisotopic (exact) mass is 554 g/mol. The van der Waals surface area contributed by atoms with Gasteiger partial charge in [0.15, 0.2) is 0 Å². The quantitative estimate of drug-likeness (QED) is 0.412. The molecule has 2 heterocycles. The van der Waals surface area contributed by atoms with Gasteiger partial charge < -0.3 is 24.8 Å². The van der Waals surface area contributed by atoms with Gasteiger partial charge in [0.1, 0.15) is 23.0 Å². The van der Waals surface area contributed by atoms with Crippen molar-refractivity contribution < 1.29 is 27.8 Å². The lowest BCUT2D eigenvalue weighted by atomic mass is 10.2. The Morgan fingerprint density at radius 3 is 2.47 bits per heavy atom. The number of fused-ring (bicyclic) bond motifs is 1. The van der Waals surface area contributed by atoms with Gasteiger partial charge in [0.2, 0.25) is 0 Å². The minimum Gasteiger partial charge on any atom is -0.452 e. The van der Waals surface area contributed by atoms with Gasteiger partial charge in [-0.15, -0.1) is 13.2 Å². The van der Waals surface area contributed by atoms with Gasteiger partial charge in [0, 0.05) is 31.2 Å². The summed E-state index contributed by atoms with van der Waals surface area (Å²) in [6, 6.07) is 11.9. The maximum Gasteiger partial charge on any atom is 0.573 e. The number of aromatic nitrogens is 2. The summed E-state index contributed by atoms with van der Waals surface area (Å²) in [6.45, 7) is 1.94. The number of aliphatic hydroxyl groups excluding tert-OH is 1. The van der Waals surface area contributed by atoms with Crippen molar-refractivity contribution in [2.45, 2.75) is 51.7 Å². The molecule has 0 saturated heterocycles. The Kier molecular flexibility index (Phi) is 7.93. The van der Waals surface area contributed by atoms with Crippen molar-refractivity contribution in [2.24, 2.45) is 7.05 Å². The van der Waals surface area contributed by atoms with E-state index in [0.717, 1.165) is 22.3 Å². The first-order valence-electron chi connectivity index (χ1n) is 11.8. The van der Waals surface area contributed by atoms with Crippen LogP contribution in [0.2, 0.25) is 5.02 Å². The van der Waals surface area contributed by atoms with E-state index >= 15 is 0 Å². The fourth-order valence-electron chi connectivity index (χ4n) is 4.08. The van der Waals surface area contributed by atoms with E-state index in [0.29, 0.717) is 11.4 Å². The van der Waals surface area contributed by atoms with Gasteiger partial charge >= 0.3 is 12.1 Å². The molecule has 0 spiro atoms. The molecule has 1 aliphatic heterocycles. The van der Waals surface area contributed by atoms with Gasteiger partial charge in [0.25, 0.3) is 11.9 Å². The second-order valence-corrected chi connectivity index (χ2v) is 9.17. The van der Waals surface area contributed by atoms with Crippen molar-refractivity contribution in [3.63, 3.8) is 0 Å². The maximum atomic E-state index is 13.6. The molecule has 1 aliphatic rings. The standard InChI is InChI=1S/C25H26ClF3N4O5/c1-3-17(34)11-12-32-22(35)20-21(31(2)24(32)36)30-23(33(20)14-15-7-9-16(26)10-8-15)37-18-5-4-6-19(13-18)38-25(27,28)29/h4-10,13,17,23,30,34H,3,11-12,14H2,1-2H3. The first-order chi connectivity index (χ1) is 18.0. The average molecular weight is 555 g/mol. The lowest BCUT2D eigenvalue weighted by molar-refractivity contribution is -0.274. The number of nitrogens with one attached hydrogen (secondary N) is 1. The second-order valence-electron chi connectivity index (χ2n) is 8.74. The predicted octanol–water partition coefficient (Wildman–Crippen LogP) is 4.05. The number of ether oxygens (including phenoxy) is 2. The van der Waals surface area contributed by atoms with Crippen molar-refractivity contribution in [1.82, 2.24) is 9.13 Å². The third kappa shape index (κ3) is 6.08. The van der Waals surface area contributed by atoms with Crippen LogP contribution in [0.1, 0.15) is 25.3 Å². The molecule has 0 saturated carbocycles. The highest BCUT2D eigenvalue weighted by atomic mass is 35.5. The highest BCUT2D eigenvalue weighted by Crippen LogP contribution is 2.34. The summed E-state index contributed by atoms with van der Waals surface area (Å²) in [4.78, 5) is 28.1. The molecule has 2 unspecified atom stereocenters. The van der Waals surface area contributed by atoms with Crippen LogP contribution in [0.15, 0.2) is 58.1 Å². The van der Waals surface area contributed by atoms with Crippen LogP contribution in [0.25, 0.3) is 0 Å². The Bertz CT molecular complexity index is 1410. The highest BCUT2D eigenvalue weighted by Gasteiger charge is 2.37. The zero-order chi connectivity index (χ0) is 27.6. The van der Waals surface area contributed by atoms with Gasteiger partial charge in [-0.3, -0.25) is 13.9 Å². The van der Waals surface area contributed by atoms with E-state index in [1.807, 2.05) is 0 Å². The summed E-state index contributed by atoms with van der Waals surface area (Å²) in [6.07, 6.45) is -5.93. The van der Waals surface area contributed by atoms with Crippen molar-refractivity contribution in [1.29, 1.82) is 0 Å². The molecule has 0 aliphatic carbocycles. The van der Waals surface area contributed by atoms with Crippen LogP contribution in [0.4, 0.5) is 24.7 Å². The number of halogens is 4. The largest absolute Gasteiger partial charge is 0.573 e. The lowest BCUT2D eigenvalue weighted by Gasteiger charge is -2.27. The summed E-state index contributed by atoms with van der Waals surface area (Å²) in [5.74, 6) is -0.248. The average Bonchev–Trinajstić information content (AvgIpc) is 3.20. The van der Waals surface area contributed by atoms with Crippen LogP contribution in [0, 0.1) is 0 Å². The lowest BCUT2D eigenvalue weighted by Crippen LogP contribution is -2.43. The number of hydrogen-bond donors (Lipinski definition) is 2. The smallest absolute Gasteiger partial charge is 0.452 e. The van der Waals surface area contributed by atoms with Crippen LogP contribution in [0.3, 0.4) is 0 Å². The third-order valence-corrected chi connectivity index (χ3v) is 6.32. The number of benzene rings is 2. The number of rotatable bonds is 9. The highest BCUT2D eigenvalue weighted by molar-refractivity contribution is 6.30. The minimum atomic E-state index is -4.88. The normalized spacial score (nSPS) is 15.7. The molecule has 9 nitrogen and oxygen atoms in total. The number of anilines is 2. The zero-order valence-electron chi connectivity index (χ0n) is 20.5. The van der Waals surface area contributed by atoms with E-state index in [1.165, 1.54) is 23.7 Å². The van der Waals surface area contributed by atoms with Crippen LogP contribution < -0.4 is 30.9 Å². The Morgan fingerprint density at radius 1 is 1.13 bits per heavy atom. The maximum absolute atomic E-state index is 13.6. The molecule has 1 aromatic heterocycles. The molecule has 13 heteroatoms. The van der Waals surface area contributed by atoms with Gasteiger partial charge in [-0.05, 0) is 42.7 Å². The summed E-state index contributed by atoms with van der Waals surface area (Å²) >= 11 is 6.01. The molecule has 4 rings (SSSR count). The van der Waals surface area contributed by atoms with Crippen LogP contribution >= 0.6 is 11.6 Å². The zero-order valence-corrected chi connectivity index (χ0v) is 21.3. The van der Waals surface area contributed by atoms with E-state index in [9.17, 15) is 27.9 Å². The van der Waals surface area contributed by atoms with Gasteiger partial charge in [-0.1, -0.05) is 36.7 Å². The molecule has 2 N–H and O–H groups in total. The van der Waals surface area contributed by atoms with E-state index in [4.69, 9.17) is 16.3 Å². The fourth-order valence-corrected chi connectivity index (χ4v) is 4.21. The summed E-state index contributed by atoms with van der Waals surface area (Å²) in [7, 11) is 1.49. The molecular weight excluding hydrogens is 529 g/mol. The molecule has 0 fully saturated rings. The third-order valence-electron chi connectivity index (χ3n) is 6.07. The Balaban J connectivity index is 1.73. The minimum absolute atomic E-state index is 0.00489. The van der Waals surface area contributed by atoms with Crippen LogP contribution in [-0.4, -0.2) is 33.1 Å². The molecule has 2 atom stereocenters. The van der Waals surface area contributed by atoms with E-state index in [2.05, 4.69) is 10.1 Å². The second kappa shape index (κ2) is 11.0. The molecule has 2 aromatic carbocycles. The summed E-state index contributed by atoms with van der Waals surface area (Å²) in [5.41, 5.74) is -0.279. The molecule has 0 radical (unpaired) electrons. The molecule has 3 aromatic rings. The summed E-state index contributed by atoms with van der Waals surface area (Å²) < 4.78 is 50.4. The number of hydrogen-bond acceptors (Lipinski definition) is 7. The van der Waals surface area contributed by atoms with Gasteiger partial charge in [-0.2, -0.15) is 0 Å². The molecule has 0 bridgehead atoms. The molecular formula is C25H26ClF3N4O5. The number of aliphatic hydroxyl groups is 1. The van der Waals surface area contributed by atoms with Crippen LogP contribution in [-0.2, 0) is 20.1 Å². The molecule has 38 heavy (non-hydrogen) atoms. The summed E-state index contributed by atoms with van der Waals surface area (Å²) in [5, 5.41) is 13.5. The topological polar surface area (TPSA) is 98.0 Å². The Morgan fingerprint density at radius 2 is 1.82 bits per heavy atom. The SMILES string of the molecule is CCC(O)CCn1c(=O)c2c(n(C)c1=O)NC(Oc1cccc(OC(F)(F)F)c1)N2Cc1ccc(Cl)cc1. The van der Waals surface area contributed by atoms with E-state index in [-0.39, 0.29) is 36.8 Å². The Labute approximate surface area is 220 Å². The van der Waals surface area contributed by atoms with Gasteiger partial charge in [-0.25, -0.2) is 4.79 Å². The fraction of sp³-hybridized carbons (Fsp3) is 0.360. The van der Waals surface area contributed by atoms with Crippen molar-refractivity contribution >= 4 is 23.1 Å². The Hall–Kier alpha value is -3.64. The number of alkyl halides is 3. The first-order valence-corrected chi connectivity index (χ1v) is 12.2. The molecule has 204 valence electrons.